The van der Waals surface area contributed by atoms with Gasteiger partial charge in [0.05, 0.1) is 0 Å². The van der Waals surface area contributed by atoms with Crippen LogP contribution >= 0.6 is 0 Å². The van der Waals surface area contributed by atoms with Crippen molar-refractivity contribution < 1.29 is 14.3 Å². The number of aryl methyl sites for hydroxylation is 2. The molecule has 0 bridgehead atoms. The molecular formula is C24H30N2O3. The standard InChI is InChI=1S/C24H30N2O3/c1-3-7-20-10-12-21(13-11-20)29-18-23(27)25-14-6-15-26(17-16-25)24(28)22-9-5-4-8-19(22)2/h4-5,8-13H,3,6-7,14-18H2,1-2H3. The Morgan fingerprint density at radius 1 is 0.931 bits per heavy atom. The van der Waals surface area contributed by atoms with Crippen LogP contribution in [0, 0.1) is 6.92 Å². The molecule has 0 spiro atoms. The van der Waals surface area contributed by atoms with Crippen molar-refractivity contribution in [1.82, 2.24) is 9.80 Å². The molecule has 5 heteroatoms. The number of benzene rings is 2. The Kier molecular flexibility index (Phi) is 7.28. The van der Waals surface area contributed by atoms with E-state index in [0.717, 1.165) is 30.4 Å². The van der Waals surface area contributed by atoms with Crippen LogP contribution in [0.15, 0.2) is 48.5 Å². The van der Waals surface area contributed by atoms with Crippen LogP contribution in [0.2, 0.25) is 0 Å². The number of ether oxygens (including phenoxy) is 1. The molecule has 154 valence electrons. The zero-order chi connectivity index (χ0) is 20.6. The fraction of sp³-hybridized carbons (Fsp3) is 0.417. The molecule has 0 N–H and O–H groups in total. The minimum Gasteiger partial charge on any atom is -0.484 e. The molecule has 5 nitrogen and oxygen atoms in total. The van der Waals surface area contributed by atoms with Crippen LogP contribution in [-0.4, -0.2) is 54.4 Å². The molecule has 29 heavy (non-hydrogen) atoms. The number of nitrogens with zero attached hydrogens (tertiary/aromatic N) is 2. The van der Waals surface area contributed by atoms with Crippen LogP contribution in [-0.2, 0) is 11.2 Å². The number of hydrogen-bond acceptors (Lipinski definition) is 3. The summed E-state index contributed by atoms with van der Waals surface area (Å²) >= 11 is 0. The highest BCUT2D eigenvalue weighted by Crippen LogP contribution is 2.15. The predicted octanol–water partition coefficient (Wildman–Crippen LogP) is 3.70. The van der Waals surface area contributed by atoms with E-state index in [1.54, 1.807) is 4.90 Å². The maximum Gasteiger partial charge on any atom is 0.260 e. The van der Waals surface area contributed by atoms with E-state index in [-0.39, 0.29) is 18.4 Å². The summed E-state index contributed by atoms with van der Waals surface area (Å²) in [5.74, 6) is 0.720. The van der Waals surface area contributed by atoms with Crippen molar-refractivity contribution >= 4 is 11.8 Å². The summed E-state index contributed by atoms with van der Waals surface area (Å²) in [5, 5.41) is 0. The van der Waals surface area contributed by atoms with E-state index in [1.807, 2.05) is 60.4 Å². The molecule has 1 heterocycles. The molecule has 2 amide bonds. The Hall–Kier alpha value is -2.82. The van der Waals surface area contributed by atoms with Gasteiger partial charge in [-0.15, -0.1) is 0 Å². The molecule has 3 rings (SSSR count). The summed E-state index contributed by atoms with van der Waals surface area (Å²) in [6.45, 7) is 6.53. The van der Waals surface area contributed by atoms with E-state index < -0.39 is 0 Å². The van der Waals surface area contributed by atoms with Crippen molar-refractivity contribution in [2.75, 3.05) is 32.8 Å². The average Bonchev–Trinajstić information content (AvgIpc) is 2.99. The fourth-order valence-electron chi connectivity index (χ4n) is 3.63. The molecular weight excluding hydrogens is 364 g/mol. The SMILES string of the molecule is CCCc1ccc(OCC(=O)N2CCCN(C(=O)c3ccccc3C)CC2)cc1. The van der Waals surface area contributed by atoms with Gasteiger partial charge < -0.3 is 14.5 Å². The molecule has 0 radical (unpaired) electrons. The van der Waals surface area contributed by atoms with E-state index in [1.165, 1.54) is 5.56 Å². The summed E-state index contributed by atoms with van der Waals surface area (Å²) in [6, 6.07) is 15.6. The number of hydrogen-bond donors (Lipinski definition) is 0. The van der Waals surface area contributed by atoms with Crippen molar-refractivity contribution in [3.63, 3.8) is 0 Å². The Bertz CT molecular complexity index is 832. The molecule has 1 aliphatic heterocycles. The molecule has 1 saturated heterocycles. The minimum absolute atomic E-state index is 0.0267. The molecule has 0 aliphatic carbocycles. The average molecular weight is 395 g/mol. The highest BCUT2D eigenvalue weighted by Gasteiger charge is 2.23. The lowest BCUT2D eigenvalue weighted by atomic mass is 10.1. The summed E-state index contributed by atoms with van der Waals surface area (Å²) in [7, 11) is 0. The second kappa shape index (κ2) is 10.1. The summed E-state index contributed by atoms with van der Waals surface area (Å²) in [6.07, 6.45) is 2.93. The van der Waals surface area contributed by atoms with E-state index in [0.29, 0.717) is 31.9 Å². The number of carbonyl (C=O) groups excluding carboxylic acids is 2. The number of amides is 2. The zero-order valence-electron chi connectivity index (χ0n) is 17.4. The second-order valence-electron chi connectivity index (χ2n) is 7.52. The first-order valence-electron chi connectivity index (χ1n) is 10.4. The van der Waals surface area contributed by atoms with E-state index in [9.17, 15) is 9.59 Å². The molecule has 0 unspecified atom stereocenters. The quantitative estimate of drug-likeness (QED) is 0.751. The Morgan fingerprint density at radius 3 is 2.34 bits per heavy atom. The third-order valence-electron chi connectivity index (χ3n) is 5.34. The van der Waals surface area contributed by atoms with Crippen molar-refractivity contribution in [1.29, 1.82) is 0 Å². The van der Waals surface area contributed by atoms with Crippen LogP contribution in [0.4, 0.5) is 0 Å². The molecule has 0 aromatic heterocycles. The van der Waals surface area contributed by atoms with Gasteiger partial charge >= 0.3 is 0 Å². The maximum absolute atomic E-state index is 12.8. The molecule has 2 aromatic carbocycles. The Balaban J connectivity index is 1.51. The monoisotopic (exact) mass is 394 g/mol. The minimum atomic E-state index is -0.0344. The van der Waals surface area contributed by atoms with Crippen molar-refractivity contribution in [3.05, 3.63) is 65.2 Å². The molecule has 1 aliphatic rings. The first kappa shape index (κ1) is 20.9. The number of rotatable bonds is 6. The van der Waals surface area contributed by atoms with Crippen LogP contribution in [0.5, 0.6) is 5.75 Å². The predicted molar refractivity (Wildman–Crippen MR) is 114 cm³/mol. The number of carbonyl (C=O) groups is 2. The lowest BCUT2D eigenvalue weighted by Gasteiger charge is -2.23. The van der Waals surface area contributed by atoms with Gasteiger partial charge in [-0.3, -0.25) is 9.59 Å². The van der Waals surface area contributed by atoms with Gasteiger partial charge in [0, 0.05) is 31.7 Å². The van der Waals surface area contributed by atoms with Gasteiger partial charge in [-0.1, -0.05) is 43.7 Å². The Labute approximate surface area is 173 Å². The van der Waals surface area contributed by atoms with Gasteiger partial charge in [-0.25, -0.2) is 0 Å². The van der Waals surface area contributed by atoms with Gasteiger partial charge in [0.25, 0.3) is 11.8 Å². The van der Waals surface area contributed by atoms with Crippen LogP contribution in [0.3, 0.4) is 0 Å². The topological polar surface area (TPSA) is 49.9 Å². The van der Waals surface area contributed by atoms with Gasteiger partial charge in [0.2, 0.25) is 0 Å². The molecule has 0 atom stereocenters. The highest BCUT2D eigenvalue weighted by molar-refractivity contribution is 5.95. The third kappa shape index (κ3) is 5.59. The van der Waals surface area contributed by atoms with Crippen molar-refractivity contribution in [3.8, 4) is 5.75 Å². The largest absolute Gasteiger partial charge is 0.484 e. The van der Waals surface area contributed by atoms with Gasteiger partial charge in [0.15, 0.2) is 6.61 Å². The fourth-order valence-corrected chi connectivity index (χ4v) is 3.63. The van der Waals surface area contributed by atoms with E-state index >= 15 is 0 Å². The maximum atomic E-state index is 12.8. The molecule has 2 aromatic rings. The summed E-state index contributed by atoms with van der Waals surface area (Å²) in [5.41, 5.74) is 2.99. The zero-order valence-corrected chi connectivity index (χ0v) is 17.4. The highest BCUT2D eigenvalue weighted by atomic mass is 16.5. The molecule has 0 saturated carbocycles. The normalized spacial score (nSPS) is 14.4. The second-order valence-corrected chi connectivity index (χ2v) is 7.52. The van der Waals surface area contributed by atoms with Gasteiger partial charge in [0.1, 0.15) is 5.75 Å². The van der Waals surface area contributed by atoms with Crippen LogP contribution in [0.25, 0.3) is 0 Å². The van der Waals surface area contributed by atoms with Crippen molar-refractivity contribution in [2.24, 2.45) is 0 Å². The van der Waals surface area contributed by atoms with Gasteiger partial charge in [-0.2, -0.15) is 0 Å². The first-order chi connectivity index (χ1) is 14.1. The van der Waals surface area contributed by atoms with E-state index in [2.05, 4.69) is 6.92 Å². The van der Waals surface area contributed by atoms with E-state index in [4.69, 9.17) is 4.74 Å². The summed E-state index contributed by atoms with van der Waals surface area (Å²) in [4.78, 5) is 29.1. The Morgan fingerprint density at radius 2 is 1.62 bits per heavy atom. The van der Waals surface area contributed by atoms with Gasteiger partial charge in [-0.05, 0) is 49.1 Å². The molecule has 1 fully saturated rings. The van der Waals surface area contributed by atoms with Crippen LogP contribution < -0.4 is 4.74 Å². The lowest BCUT2D eigenvalue weighted by molar-refractivity contribution is -0.133. The first-order valence-corrected chi connectivity index (χ1v) is 10.4. The summed E-state index contributed by atoms with van der Waals surface area (Å²) < 4.78 is 5.68. The third-order valence-corrected chi connectivity index (χ3v) is 5.34. The van der Waals surface area contributed by atoms with Crippen LogP contribution in [0.1, 0.15) is 41.3 Å². The van der Waals surface area contributed by atoms with Crippen molar-refractivity contribution in [2.45, 2.75) is 33.1 Å². The smallest absolute Gasteiger partial charge is 0.260 e. The lowest BCUT2D eigenvalue weighted by Crippen LogP contribution is -2.39.